The summed E-state index contributed by atoms with van der Waals surface area (Å²) in [5.41, 5.74) is 2.90. The second kappa shape index (κ2) is 8.68. The molecule has 0 saturated carbocycles. The van der Waals surface area contributed by atoms with Gasteiger partial charge in [-0.05, 0) is 19.1 Å². The number of amides is 1. The highest BCUT2D eigenvalue weighted by Crippen LogP contribution is 2.23. The topological polar surface area (TPSA) is 54.0 Å². The molecule has 1 fully saturated rings. The van der Waals surface area contributed by atoms with Crippen molar-refractivity contribution in [3.8, 4) is 11.3 Å². The maximum Gasteiger partial charge on any atom is 0.225 e. The molecule has 1 aromatic carbocycles. The molecule has 2 N–H and O–H groups in total. The molecule has 2 aromatic rings. The third kappa shape index (κ3) is 5.21. The number of rotatable bonds is 4. The van der Waals surface area contributed by atoms with Gasteiger partial charge >= 0.3 is 0 Å². The van der Waals surface area contributed by atoms with E-state index in [4.69, 9.17) is 0 Å². The summed E-state index contributed by atoms with van der Waals surface area (Å²) < 4.78 is 0. The summed E-state index contributed by atoms with van der Waals surface area (Å²) in [6.07, 6.45) is 0.528. The Morgan fingerprint density at radius 3 is 2.78 bits per heavy atom. The Bertz CT molecular complexity index is 639. The lowest BCUT2D eigenvalue weighted by atomic mass is 10.1. The minimum atomic E-state index is 0. The van der Waals surface area contributed by atoms with E-state index in [9.17, 15) is 4.79 Å². The van der Waals surface area contributed by atoms with Gasteiger partial charge < -0.3 is 10.6 Å². The van der Waals surface area contributed by atoms with Crippen LogP contribution in [0.25, 0.3) is 11.3 Å². The molecule has 1 aliphatic rings. The van der Waals surface area contributed by atoms with Gasteiger partial charge in [-0.2, -0.15) is 11.8 Å². The number of anilines is 1. The zero-order valence-corrected chi connectivity index (χ0v) is 15.3. The number of benzene rings is 1. The molecule has 0 radical (unpaired) electrons. The van der Waals surface area contributed by atoms with E-state index in [1.54, 1.807) is 11.3 Å². The molecular weight excluding hydrogens is 350 g/mol. The molecule has 23 heavy (non-hydrogen) atoms. The van der Waals surface area contributed by atoms with Crippen molar-refractivity contribution in [3.63, 3.8) is 0 Å². The van der Waals surface area contributed by atoms with Crippen LogP contribution in [0.15, 0.2) is 29.6 Å². The summed E-state index contributed by atoms with van der Waals surface area (Å²) in [5.74, 6) is 2.21. The number of nitrogens with zero attached hydrogens (tertiary/aromatic N) is 1. The van der Waals surface area contributed by atoms with Crippen molar-refractivity contribution in [3.05, 3.63) is 34.7 Å². The van der Waals surface area contributed by atoms with Gasteiger partial charge in [0.05, 0.1) is 10.7 Å². The number of hydrogen-bond acceptors (Lipinski definition) is 5. The van der Waals surface area contributed by atoms with Gasteiger partial charge in [-0.3, -0.25) is 4.79 Å². The van der Waals surface area contributed by atoms with Gasteiger partial charge in [-0.1, -0.05) is 12.1 Å². The number of halogens is 1. The zero-order valence-electron chi connectivity index (χ0n) is 12.9. The lowest BCUT2D eigenvalue weighted by Gasteiger charge is -2.22. The Morgan fingerprint density at radius 2 is 2.17 bits per heavy atom. The number of carbonyl (C=O) groups excluding carboxylic acids is 1. The quantitative estimate of drug-likeness (QED) is 0.865. The van der Waals surface area contributed by atoms with Gasteiger partial charge in [0.25, 0.3) is 0 Å². The van der Waals surface area contributed by atoms with Gasteiger partial charge in [0.15, 0.2) is 0 Å². The maximum atomic E-state index is 12.1. The van der Waals surface area contributed by atoms with Crippen LogP contribution in [0.4, 0.5) is 5.69 Å². The average molecular weight is 370 g/mol. The highest BCUT2D eigenvalue weighted by Gasteiger charge is 2.16. The van der Waals surface area contributed by atoms with E-state index < -0.39 is 0 Å². The van der Waals surface area contributed by atoms with Crippen LogP contribution in [-0.2, 0) is 4.79 Å². The first-order chi connectivity index (χ1) is 10.7. The van der Waals surface area contributed by atoms with Crippen LogP contribution in [-0.4, -0.2) is 35.0 Å². The third-order valence-corrected chi connectivity index (χ3v) is 5.42. The molecule has 0 bridgehead atoms. The van der Waals surface area contributed by atoms with Gasteiger partial charge in [0, 0.05) is 47.1 Å². The number of aromatic nitrogens is 1. The van der Waals surface area contributed by atoms with Gasteiger partial charge in [0.2, 0.25) is 5.91 Å². The number of aryl methyl sites for hydroxylation is 1. The monoisotopic (exact) mass is 369 g/mol. The predicted octanol–water partition coefficient (Wildman–Crippen LogP) is 3.57. The largest absolute Gasteiger partial charge is 0.326 e. The van der Waals surface area contributed by atoms with Crippen molar-refractivity contribution in [1.29, 1.82) is 0 Å². The molecule has 3 rings (SSSR count). The number of hydrogen-bond donors (Lipinski definition) is 2. The van der Waals surface area contributed by atoms with Crippen molar-refractivity contribution < 1.29 is 4.79 Å². The van der Waals surface area contributed by atoms with Crippen molar-refractivity contribution in [2.24, 2.45) is 0 Å². The molecule has 124 valence electrons. The Kier molecular flexibility index (Phi) is 6.89. The number of nitrogens with one attached hydrogen (secondary N) is 2. The van der Waals surface area contributed by atoms with E-state index >= 15 is 0 Å². The molecule has 1 unspecified atom stereocenters. The number of carbonyl (C=O) groups is 1. The van der Waals surface area contributed by atoms with Crippen LogP contribution in [0.3, 0.4) is 0 Å². The third-order valence-electron chi connectivity index (χ3n) is 3.51. The fourth-order valence-corrected chi connectivity index (χ4v) is 3.98. The fourth-order valence-electron chi connectivity index (χ4n) is 2.41. The van der Waals surface area contributed by atoms with Crippen molar-refractivity contribution >= 4 is 47.1 Å². The Hall–Kier alpha value is -1.08. The first-order valence-electron chi connectivity index (χ1n) is 7.34. The predicted molar refractivity (Wildman–Crippen MR) is 102 cm³/mol. The van der Waals surface area contributed by atoms with Crippen molar-refractivity contribution in [1.82, 2.24) is 10.3 Å². The average Bonchev–Trinajstić information content (AvgIpc) is 2.95. The summed E-state index contributed by atoms with van der Waals surface area (Å²) in [4.78, 5) is 16.5. The molecule has 2 heterocycles. The minimum Gasteiger partial charge on any atom is -0.326 e. The summed E-state index contributed by atoms with van der Waals surface area (Å²) in [6.45, 7) is 2.99. The van der Waals surface area contributed by atoms with Crippen LogP contribution in [0.5, 0.6) is 0 Å². The Morgan fingerprint density at radius 1 is 1.39 bits per heavy atom. The van der Waals surface area contributed by atoms with Crippen LogP contribution in [0.1, 0.15) is 11.4 Å². The molecule has 1 aromatic heterocycles. The smallest absolute Gasteiger partial charge is 0.225 e. The molecular formula is C16H20ClN3OS2. The Labute approximate surface area is 150 Å². The molecule has 0 aliphatic carbocycles. The number of thiazole rings is 1. The molecule has 1 saturated heterocycles. The lowest BCUT2D eigenvalue weighted by molar-refractivity contribution is -0.116. The van der Waals surface area contributed by atoms with Crippen LogP contribution >= 0.6 is 35.5 Å². The Balaban J connectivity index is 0.00000192. The standard InChI is InChI=1S/C16H19N3OS2.ClH/c1-11-18-15(10-22-11)12-2-4-13(5-3-12)19-16(20)8-14-9-21-7-6-17-14;/h2-5,10,14,17H,6-9H2,1H3,(H,19,20);1H. The molecule has 1 aliphatic heterocycles. The van der Waals surface area contributed by atoms with Gasteiger partial charge in [-0.15, -0.1) is 23.7 Å². The SMILES string of the molecule is Cc1nc(-c2ccc(NC(=O)CC3CSCCN3)cc2)cs1.Cl. The molecule has 0 spiro atoms. The summed E-state index contributed by atoms with van der Waals surface area (Å²) in [6, 6.07) is 8.16. The van der Waals surface area contributed by atoms with E-state index in [-0.39, 0.29) is 24.4 Å². The van der Waals surface area contributed by atoms with E-state index in [0.29, 0.717) is 6.42 Å². The second-order valence-electron chi connectivity index (χ2n) is 5.31. The van der Waals surface area contributed by atoms with Gasteiger partial charge in [0.1, 0.15) is 0 Å². The van der Waals surface area contributed by atoms with Crippen molar-refractivity contribution in [2.45, 2.75) is 19.4 Å². The molecule has 1 amide bonds. The highest BCUT2D eigenvalue weighted by molar-refractivity contribution is 7.99. The molecule has 4 nitrogen and oxygen atoms in total. The number of thioether (sulfide) groups is 1. The zero-order chi connectivity index (χ0) is 15.4. The highest BCUT2D eigenvalue weighted by atomic mass is 35.5. The van der Waals surface area contributed by atoms with Crippen LogP contribution < -0.4 is 10.6 Å². The maximum absolute atomic E-state index is 12.1. The van der Waals surface area contributed by atoms with Crippen molar-refractivity contribution in [2.75, 3.05) is 23.4 Å². The minimum absolute atomic E-state index is 0. The summed E-state index contributed by atoms with van der Waals surface area (Å²) in [5, 5.41) is 9.46. The van der Waals surface area contributed by atoms with Crippen LogP contribution in [0.2, 0.25) is 0 Å². The lowest BCUT2D eigenvalue weighted by Crippen LogP contribution is -2.39. The normalized spacial score (nSPS) is 17.3. The first-order valence-corrected chi connectivity index (χ1v) is 9.38. The fraction of sp³-hybridized carbons (Fsp3) is 0.375. The molecule has 7 heteroatoms. The van der Waals surface area contributed by atoms with E-state index in [0.717, 1.165) is 40.0 Å². The molecule has 1 atom stereocenters. The summed E-state index contributed by atoms with van der Waals surface area (Å²) in [7, 11) is 0. The van der Waals surface area contributed by atoms with E-state index in [2.05, 4.69) is 21.0 Å². The first kappa shape index (κ1) is 18.3. The van der Waals surface area contributed by atoms with E-state index in [1.165, 1.54) is 0 Å². The summed E-state index contributed by atoms with van der Waals surface area (Å²) >= 11 is 3.55. The second-order valence-corrected chi connectivity index (χ2v) is 7.52. The van der Waals surface area contributed by atoms with Crippen LogP contribution in [0, 0.1) is 6.92 Å². The van der Waals surface area contributed by atoms with E-state index in [1.807, 2.05) is 43.0 Å². The van der Waals surface area contributed by atoms with Gasteiger partial charge in [-0.25, -0.2) is 4.98 Å².